The van der Waals surface area contributed by atoms with Gasteiger partial charge in [-0.25, -0.2) is 0 Å². The second-order valence-corrected chi connectivity index (χ2v) is 6.29. The van der Waals surface area contributed by atoms with E-state index in [1.54, 1.807) is 12.1 Å². The molecule has 2 rings (SSSR count). The lowest BCUT2D eigenvalue weighted by atomic mass is 9.86. The van der Waals surface area contributed by atoms with E-state index in [1.807, 2.05) is 6.07 Å². The Hall–Kier alpha value is -0.540. The van der Waals surface area contributed by atoms with Crippen molar-refractivity contribution >= 4 is 33.4 Å². The van der Waals surface area contributed by atoms with Crippen LogP contribution in [0.2, 0.25) is 5.02 Å². The van der Waals surface area contributed by atoms with Crippen molar-refractivity contribution in [2.24, 2.45) is 5.92 Å². The predicted octanol–water partition coefficient (Wildman–Crippen LogP) is 4.41. The number of benzene rings is 1. The van der Waals surface area contributed by atoms with Crippen molar-refractivity contribution in [1.82, 2.24) is 5.32 Å². The number of halogens is 2. The quantitative estimate of drug-likeness (QED) is 0.855. The third kappa shape index (κ3) is 3.27. The van der Waals surface area contributed by atoms with Gasteiger partial charge in [-0.15, -0.1) is 0 Å². The maximum atomic E-state index is 12.2. The second-order valence-electron chi connectivity index (χ2n) is 4.97. The van der Waals surface area contributed by atoms with Gasteiger partial charge in [0.15, 0.2) is 0 Å². The standard InChI is InChI=1S/C14H17BrClNO/c1-9-4-2-3-5-13(9)17-14(18)11-8-10(15)6-7-12(11)16/h6-9,13H,2-5H2,1H3,(H,17,18). The van der Waals surface area contributed by atoms with Gasteiger partial charge in [-0.3, -0.25) is 4.79 Å². The van der Waals surface area contributed by atoms with Crippen LogP contribution in [-0.2, 0) is 0 Å². The molecule has 1 aliphatic carbocycles. The van der Waals surface area contributed by atoms with Crippen molar-refractivity contribution in [1.29, 1.82) is 0 Å². The van der Waals surface area contributed by atoms with Gasteiger partial charge in [0.05, 0.1) is 10.6 Å². The topological polar surface area (TPSA) is 29.1 Å². The summed E-state index contributed by atoms with van der Waals surface area (Å²) in [4.78, 5) is 12.2. The Balaban J connectivity index is 2.09. The Morgan fingerprint density at radius 3 is 2.83 bits per heavy atom. The summed E-state index contributed by atoms with van der Waals surface area (Å²) in [7, 11) is 0. The molecule has 0 saturated heterocycles. The Morgan fingerprint density at radius 1 is 1.39 bits per heavy atom. The molecule has 4 heteroatoms. The smallest absolute Gasteiger partial charge is 0.253 e. The molecule has 1 N–H and O–H groups in total. The molecule has 0 spiro atoms. The third-order valence-corrected chi connectivity index (χ3v) is 4.42. The molecule has 2 nitrogen and oxygen atoms in total. The number of carbonyl (C=O) groups is 1. The minimum absolute atomic E-state index is 0.0694. The van der Waals surface area contributed by atoms with Gasteiger partial charge in [0.2, 0.25) is 0 Å². The maximum absolute atomic E-state index is 12.2. The van der Waals surface area contributed by atoms with Crippen molar-refractivity contribution in [3.63, 3.8) is 0 Å². The maximum Gasteiger partial charge on any atom is 0.253 e. The highest BCUT2D eigenvalue weighted by atomic mass is 79.9. The van der Waals surface area contributed by atoms with Crippen LogP contribution in [0.3, 0.4) is 0 Å². The van der Waals surface area contributed by atoms with E-state index in [-0.39, 0.29) is 11.9 Å². The normalized spacial score (nSPS) is 23.7. The van der Waals surface area contributed by atoms with E-state index in [0.29, 0.717) is 16.5 Å². The summed E-state index contributed by atoms with van der Waals surface area (Å²) in [6.45, 7) is 2.20. The summed E-state index contributed by atoms with van der Waals surface area (Å²) < 4.78 is 0.869. The lowest BCUT2D eigenvalue weighted by Crippen LogP contribution is -2.41. The van der Waals surface area contributed by atoms with Crippen LogP contribution in [0.15, 0.2) is 22.7 Å². The van der Waals surface area contributed by atoms with Gasteiger partial charge in [-0.1, -0.05) is 47.3 Å². The first-order valence-corrected chi connectivity index (χ1v) is 7.51. The number of carbonyl (C=O) groups excluding carboxylic acids is 1. The van der Waals surface area contributed by atoms with Crippen LogP contribution in [0, 0.1) is 5.92 Å². The van der Waals surface area contributed by atoms with Gasteiger partial charge in [0.25, 0.3) is 5.91 Å². The van der Waals surface area contributed by atoms with E-state index in [2.05, 4.69) is 28.2 Å². The molecule has 1 aromatic carbocycles. The first-order chi connectivity index (χ1) is 8.58. The van der Waals surface area contributed by atoms with Gasteiger partial charge >= 0.3 is 0 Å². The largest absolute Gasteiger partial charge is 0.349 e. The fourth-order valence-electron chi connectivity index (χ4n) is 2.45. The van der Waals surface area contributed by atoms with E-state index in [1.165, 1.54) is 19.3 Å². The average Bonchev–Trinajstić information content (AvgIpc) is 2.35. The van der Waals surface area contributed by atoms with Gasteiger partial charge in [0.1, 0.15) is 0 Å². The number of nitrogens with one attached hydrogen (secondary N) is 1. The molecule has 1 aliphatic rings. The molecule has 1 saturated carbocycles. The van der Waals surface area contributed by atoms with Gasteiger partial charge in [-0.05, 0) is 37.0 Å². The first kappa shape index (κ1) is 13.9. The van der Waals surface area contributed by atoms with Crippen LogP contribution >= 0.6 is 27.5 Å². The van der Waals surface area contributed by atoms with Crippen LogP contribution in [-0.4, -0.2) is 11.9 Å². The van der Waals surface area contributed by atoms with Crippen molar-refractivity contribution < 1.29 is 4.79 Å². The molecule has 18 heavy (non-hydrogen) atoms. The highest BCUT2D eigenvalue weighted by molar-refractivity contribution is 9.10. The first-order valence-electron chi connectivity index (χ1n) is 6.34. The zero-order valence-corrected chi connectivity index (χ0v) is 12.7. The van der Waals surface area contributed by atoms with Gasteiger partial charge in [-0.2, -0.15) is 0 Å². The lowest BCUT2D eigenvalue weighted by molar-refractivity contribution is 0.0910. The number of hydrogen-bond donors (Lipinski definition) is 1. The molecule has 0 radical (unpaired) electrons. The van der Waals surface area contributed by atoms with Crippen molar-refractivity contribution in [3.8, 4) is 0 Å². The monoisotopic (exact) mass is 329 g/mol. The summed E-state index contributed by atoms with van der Waals surface area (Å²) in [5.41, 5.74) is 0.545. The van der Waals surface area contributed by atoms with E-state index in [0.717, 1.165) is 10.9 Å². The lowest BCUT2D eigenvalue weighted by Gasteiger charge is -2.29. The number of rotatable bonds is 2. The van der Waals surface area contributed by atoms with Crippen molar-refractivity contribution in [2.75, 3.05) is 0 Å². The molecule has 2 atom stereocenters. The number of hydrogen-bond acceptors (Lipinski definition) is 1. The van der Waals surface area contributed by atoms with Crippen LogP contribution in [0.1, 0.15) is 43.0 Å². The van der Waals surface area contributed by atoms with E-state index < -0.39 is 0 Å². The van der Waals surface area contributed by atoms with Crippen LogP contribution in [0.5, 0.6) is 0 Å². The summed E-state index contributed by atoms with van der Waals surface area (Å²) in [5, 5.41) is 3.61. The Kier molecular flexibility index (Phi) is 4.68. The van der Waals surface area contributed by atoms with Crippen LogP contribution in [0.25, 0.3) is 0 Å². The molecule has 0 aromatic heterocycles. The van der Waals surface area contributed by atoms with Crippen molar-refractivity contribution in [3.05, 3.63) is 33.3 Å². The molecular weight excluding hydrogens is 314 g/mol. The molecule has 2 unspecified atom stereocenters. The Labute approximate surface area is 121 Å². The minimum atomic E-state index is -0.0694. The Morgan fingerprint density at radius 2 is 2.11 bits per heavy atom. The van der Waals surface area contributed by atoms with Crippen LogP contribution in [0.4, 0.5) is 0 Å². The van der Waals surface area contributed by atoms with Crippen molar-refractivity contribution in [2.45, 2.75) is 38.6 Å². The van der Waals surface area contributed by atoms with Gasteiger partial charge < -0.3 is 5.32 Å². The van der Waals surface area contributed by atoms with E-state index in [4.69, 9.17) is 11.6 Å². The fourth-order valence-corrected chi connectivity index (χ4v) is 3.01. The highest BCUT2D eigenvalue weighted by Crippen LogP contribution is 2.25. The molecule has 1 fully saturated rings. The van der Waals surface area contributed by atoms with E-state index >= 15 is 0 Å². The Bertz CT molecular complexity index is 449. The summed E-state index contributed by atoms with van der Waals surface area (Å²) in [6, 6.07) is 5.62. The molecule has 0 heterocycles. The fraction of sp³-hybridized carbons (Fsp3) is 0.500. The van der Waals surface area contributed by atoms with Gasteiger partial charge in [0, 0.05) is 10.5 Å². The second kappa shape index (κ2) is 6.07. The summed E-state index contributed by atoms with van der Waals surface area (Å²) >= 11 is 9.43. The minimum Gasteiger partial charge on any atom is -0.349 e. The average molecular weight is 331 g/mol. The SMILES string of the molecule is CC1CCCCC1NC(=O)c1cc(Br)ccc1Cl. The molecule has 1 aromatic rings. The zero-order valence-electron chi connectivity index (χ0n) is 10.4. The molecule has 0 aliphatic heterocycles. The highest BCUT2D eigenvalue weighted by Gasteiger charge is 2.23. The third-order valence-electron chi connectivity index (χ3n) is 3.60. The number of amides is 1. The molecule has 1 amide bonds. The van der Waals surface area contributed by atoms with Crippen LogP contribution < -0.4 is 5.32 Å². The summed E-state index contributed by atoms with van der Waals surface area (Å²) in [6.07, 6.45) is 4.72. The van der Waals surface area contributed by atoms with E-state index in [9.17, 15) is 4.79 Å². The molecular formula is C14H17BrClNO. The molecule has 0 bridgehead atoms. The molecule has 98 valence electrons. The zero-order chi connectivity index (χ0) is 13.1. The summed E-state index contributed by atoms with van der Waals surface area (Å²) in [5.74, 6) is 0.480. The predicted molar refractivity (Wildman–Crippen MR) is 78.0 cm³/mol.